The second-order valence-corrected chi connectivity index (χ2v) is 3.78. The highest BCUT2D eigenvalue weighted by Gasteiger charge is 2.17. The zero-order chi connectivity index (χ0) is 7.40. The Bertz CT molecular complexity index is 80.0. The first kappa shape index (κ1) is 8.10. The van der Waals surface area contributed by atoms with Crippen LogP contribution in [0.5, 0.6) is 0 Å². The van der Waals surface area contributed by atoms with E-state index in [9.17, 15) is 0 Å². The van der Waals surface area contributed by atoms with Crippen molar-refractivity contribution in [3.05, 3.63) is 0 Å². The molecule has 60 valence electrons. The molecule has 0 bridgehead atoms. The van der Waals surface area contributed by atoms with Crippen LogP contribution in [0.3, 0.4) is 0 Å². The Morgan fingerprint density at radius 3 is 2.30 bits per heavy atom. The van der Waals surface area contributed by atoms with Crippen LogP contribution in [0, 0.1) is 11.8 Å². The van der Waals surface area contributed by atoms with Gasteiger partial charge in [0.2, 0.25) is 0 Å². The molecule has 0 heterocycles. The molecule has 0 spiro atoms. The van der Waals surface area contributed by atoms with Crippen molar-refractivity contribution in [3.63, 3.8) is 0 Å². The molecule has 1 rings (SSSR count). The van der Waals surface area contributed by atoms with Crippen molar-refractivity contribution in [3.8, 4) is 0 Å². The summed E-state index contributed by atoms with van der Waals surface area (Å²) in [6, 6.07) is 0. The van der Waals surface area contributed by atoms with Crippen LogP contribution in [0.4, 0.5) is 0 Å². The van der Waals surface area contributed by atoms with Gasteiger partial charge in [0.15, 0.2) is 0 Å². The van der Waals surface area contributed by atoms with Crippen molar-refractivity contribution in [1.82, 2.24) is 0 Å². The van der Waals surface area contributed by atoms with Crippen LogP contribution in [0.25, 0.3) is 0 Å². The molecule has 0 heteroatoms. The van der Waals surface area contributed by atoms with Gasteiger partial charge in [0.25, 0.3) is 0 Å². The van der Waals surface area contributed by atoms with Crippen LogP contribution in [0.15, 0.2) is 0 Å². The van der Waals surface area contributed by atoms with Crippen LogP contribution in [0.1, 0.15) is 52.4 Å². The van der Waals surface area contributed by atoms with Crippen LogP contribution in [-0.2, 0) is 0 Å². The Kier molecular flexibility index (Phi) is 3.24. The largest absolute Gasteiger partial charge is 0.0651 e. The second-order valence-electron chi connectivity index (χ2n) is 3.78. The fourth-order valence-electron chi connectivity index (χ4n) is 2.04. The summed E-state index contributed by atoms with van der Waals surface area (Å²) in [6.45, 7) is 4.73. The minimum absolute atomic E-state index is 0.986. The molecule has 0 nitrogen and oxygen atoms in total. The minimum Gasteiger partial charge on any atom is -0.0651 e. The van der Waals surface area contributed by atoms with Crippen molar-refractivity contribution in [2.75, 3.05) is 0 Å². The summed E-state index contributed by atoms with van der Waals surface area (Å²) < 4.78 is 0. The van der Waals surface area contributed by atoms with Gasteiger partial charge in [-0.2, -0.15) is 0 Å². The molecule has 10 heavy (non-hydrogen) atoms. The van der Waals surface area contributed by atoms with Crippen molar-refractivity contribution >= 4 is 0 Å². The third-order valence-corrected chi connectivity index (χ3v) is 3.10. The average Bonchev–Trinajstić information content (AvgIpc) is 2.05. The highest BCUT2D eigenvalue weighted by Crippen LogP contribution is 2.30. The Balaban J connectivity index is 2.24. The zero-order valence-corrected chi connectivity index (χ0v) is 7.40. The summed E-state index contributed by atoms with van der Waals surface area (Å²) in [5, 5.41) is 0. The van der Waals surface area contributed by atoms with Crippen molar-refractivity contribution in [2.24, 2.45) is 11.8 Å². The van der Waals surface area contributed by atoms with E-state index in [1.807, 2.05) is 0 Å². The van der Waals surface area contributed by atoms with Gasteiger partial charge >= 0.3 is 0 Å². The topological polar surface area (TPSA) is 0 Å². The lowest BCUT2D eigenvalue weighted by atomic mass is 9.80. The van der Waals surface area contributed by atoms with Crippen molar-refractivity contribution in [1.29, 1.82) is 0 Å². The molecule has 1 atom stereocenters. The average molecular weight is 140 g/mol. The van der Waals surface area contributed by atoms with E-state index in [2.05, 4.69) is 13.8 Å². The van der Waals surface area contributed by atoms with E-state index >= 15 is 0 Å². The predicted molar refractivity (Wildman–Crippen MR) is 46.0 cm³/mol. The Morgan fingerprint density at radius 2 is 1.80 bits per heavy atom. The molecule has 1 unspecified atom stereocenters. The van der Waals surface area contributed by atoms with E-state index in [1.165, 1.54) is 38.5 Å². The third-order valence-electron chi connectivity index (χ3n) is 3.10. The van der Waals surface area contributed by atoms with Crippen molar-refractivity contribution < 1.29 is 0 Å². The molecule has 0 aliphatic heterocycles. The summed E-state index contributed by atoms with van der Waals surface area (Å²) in [4.78, 5) is 0. The lowest BCUT2D eigenvalue weighted by molar-refractivity contribution is 0.258. The molecule has 0 amide bonds. The molecule has 1 aliphatic rings. The molecule has 0 aromatic rings. The van der Waals surface area contributed by atoms with E-state index in [4.69, 9.17) is 0 Å². The van der Waals surface area contributed by atoms with Gasteiger partial charge in [0.05, 0.1) is 0 Å². The second kappa shape index (κ2) is 4.00. The summed E-state index contributed by atoms with van der Waals surface area (Å²) in [5.74, 6) is 2.05. The Hall–Kier alpha value is 0. The van der Waals surface area contributed by atoms with E-state index in [-0.39, 0.29) is 0 Å². The quantitative estimate of drug-likeness (QED) is 0.549. The van der Waals surface area contributed by atoms with Gasteiger partial charge in [-0.05, 0) is 11.8 Å². The molecule has 0 aromatic carbocycles. The summed E-state index contributed by atoms with van der Waals surface area (Å²) in [5.41, 5.74) is 0. The number of hydrogen-bond acceptors (Lipinski definition) is 0. The maximum absolute atomic E-state index is 2.41. The molecule has 1 fully saturated rings. The third kappa shape index (κ3) is 2.00. The van der Waals surface area contributed by atoms with E-state index < -0.39 is 0 Å². The predicted octanol–water partition coefficient (Wildman–Crippen LogP) is 3.61. The smallest absolute Gasteiger partial charge is 0.0389 e. The fourth-order valence-corrected chi connectivity index (χ4v) is 2.04. The first-order valence-electron chi connectivity index (χ1n) is 4.84. The Morgan fingerprint density at radius 1 is 1.20 bits per heavy atom. The molecular weight excluding hydrogens is 120 g/mol. The minimum atomic E-state index is 0.986. The normalized spacial score (nSPS) is 24.6. The lowest BCUT2D eigenvalue weighted by Gasteiger charge is -2.26. The molecule has 0 N–H and O–H groups in total. The highest BCUT2D eigenvalue weighted by atomic mass is 14.2. The summed E-state index contributed by atoms with van der Waals surface area (Å²) in [6.07, 6.45) is 8.88. The SMILES string of the molecule is CCC(C)C1CCCCC1. The molecule has 1 aliphatic carbocycles. The van der Waals surface area contributed by atoms with Gasteiger partial charge in [-0.25, -0.2) is 0 Å². The van der Waals surface area contributed by atoms with E-state index in [0.717, 1.165) is 11.8 Å². The van der Waals surface area contributed by atoms with Gasteiger partial charge in [0.1, 0.15) is 0 Å². The first-order valence-corrected chi connectivity index (χ1v) is 4.84. The maximum atomic E-state index is 2.41. The van der Waals surface area contributed by atoms with E-state index in [0.29, 0.717) is 0 Å². The zero-order valence-electron chi connectivity index (χ0n) is 7.40. The molecule has 0 saturated heterocycles. The fraction of sp³-hybridized carbons (Fsp3) is 1.00. The highest BCUT2D eigenvalue weighted by molar-refractivity contribution is 4.69. The Labute approximate surface area is 65.0 Å². The molecular formula is C10H20. The molecule has 0 radical (unpaired) electrons. The van der Waals surface area contributed by atoms with Crippen LogP contribution >= 0.6 is 0 Å². The summed E-state index contributed by atoms with van der Waals surface area (Å²) in [7, 11) is 0. The van der Waals surface area contributed by atoms with Gasteiger partial charge in [0, 0.05) is 0 Å². The van der Waals surface area contributed by atoms with Gasteiger partial charge in [-0.3, -0.25) is 0 Å². The van der Waals surface area contributed by atoms with Crippen LogP contribution in [0.2, 0.25) is 0 Å². The van der Waals surface area contributed by atoms with Crippen LogP contribution in [-0.4, -0.2) is 0 Å². The van der Waals surface area contributed by atoms with Crippen molar-refractivity contribution in [2.45, 2.75) is 52.4 Å². The number of hydrogen-bond donors (Lipinski definition) is 0. The van der Waals surface area contributed by atoms with Crippen LogP contribution < -0.4 is 0 Å². The monoisotopic (exact) mass is 140 g/mol. The van der Waals surface area contributed by atoms with Gasteiger partial charge < -0.3 is 0 Å². The van der Waals surface area contributed by atoms with Gasteiger partial charge in [-0.15, -0.1) is 0 Å². The maximum Gasteiger partial charge on any atom is -0.0389 e. The molecule has 1 saturated carbocycles. The first-order chi connectivity index (χ1) is 4.84. The molecule has 0 aromatic heterocycles. The summed E-state index contributed by atoms with van der Waals surface area (Å²) >= 11 is 0. The number of rotatable bonds is 2. The standard InChI is InChI=1S/C10H20/c1-3-9(2)10-7-5-4-6-8-10/h9-10H,3-8H2,1-2H3. The van der Waals surface area contributed by atoms with E-state index in [1.54, 1.807) is 0 Å². The lowest BCUT2D eigenvalue weighted by Crippen LogP contribution is -2.14. The van der Waals surface area contributed by atoms with Gasteiger partial charge in [-0.1, -0.05) is 52.4 Å².